The molecule has 0 bridgehead atoms. The molecule has 1 saturated carbocycles. The van der Waals surface area contributed by atoms with Gasteiger partial charge in [0.2, 0.25) is 0 Å². The quantitative estimate of drug-likeness (QED) is 0.298. The van der Waals surface area contributed by atoms with E-state index >= 15 is 0 Å². The third-order valence-electron chi connectivity index (χ3n) is 8.80. The molecular formula is C29H49Zr. The fourth-order valence-corrected chi connectivity index (χ4v) is 17.6. The first-order valence-electron chi connectivity index (χ1n) is 13.0. The Hall–Kier alpha value is 0.103. The number of fused-ring (bicyclic) bond motifs is 1. The molecule has 3 rings (SSSR count). The molecule has 0 aliphatic heterocycles. The van der Waals surface area contributed by atoms with E-state index in [0.29, 0.717) is 5.41 Å². The molecule has 4 unspecified atom stereocenters. The number of rotatable bonds is 8. The average molecular weight is 489 g/mol. The molecular weight excluding hydrogens is 440 g/mol. The number of hydrogen-bond acceptors (Lipinski definition) is 0. The Kier molecular flexibility index (Phi) is 7.86. The van der Waals surface area contributed by atoms with Crippen LogP contribution in [0.1, 0.15) is 100 Å². The minimum absolute atomic E-state index is 0.272. The maximum atomic E-state index is 2.66. The van der Waals surface area contributed by atoms with Gasteiger partial charge >= 0.3 is 198 Å². The zero-order valence-corrected chi connectivity index (χ0v) is 23.9. The zero-order valence-electron chi connectivity index (χ0n) is 21.4. The van der Waals surface area contributed by atoms with Crippen LogP contribution in [-0.4, -0.2) is 0 Å². The van der Waals surface area contributed by atoms with E-state index in [0.717, 1.165) is 15.5 Å². The Labute approximate surface area is 196 Å². The van der Waals surface area contributed by atoms with Crippen molar-refractivity contribution in [2.75, 3.05) is 0 Å². The summed E-state index contributed by atoms with van der Waals surface area (Å²) in [5.41, 5.74) is 4.21. The molecule has 169 valence electrons. The second-order valence-electron chi connectivity index (χ2n) is 12.4. The average Bonchev–Trinajstić information content (AvgIpc) is 3.34. The molecule has 30 heavy (non-hydrogen) atoms. The molecule has 1 heteroatoms. The van der Waals surface area contributed by atoms with Crippen molar-refractivity contribution in [3.8, 4) is 0 Å². The van der Waals surface area contributed by atoms with Crippen molar-refractivity contribution >= 4 is 0 Å². The molecule has 0 N–H and O–H groups in total. The molecule has 0 aromatic heterocycles. The third-order valence-corrected chi connectivity index (χ3v) is 17.9. The minimum atomic E-state index is -1.38. The third kappa shape index (κ3) is 4.87. The van der Waals surface area contributed by atoms with E-state index in [1.165, 1.54) is 38.5 Å². The summed E-state index contributed by atoms with van der Waals surface area (Å²) in [6.45, 7) is 19.6. The van der Waals surface area contributed by atoms with Crippen molar-refractivity contribution in [2.24, 2.45) is 28.1 Å². The van der Waals surface area contributed by atoms with Gasteiger partial charge in [-0.3, -0.25) is 0 Å². The molecule has 0 radical (unpaired) electrons. The van der Waals surface area contributed by atoms with Crippen molar-refractivity contribution in [3.05, 3.63) is 35.5 Å². The van der Waals surface area contributed by atoms with E-state index in [9.17, 15) is 0 Å². The molecule has 3 aliphatic rings. The van der Waals surface area contributed by atoms with Crippen LogP contribution < -0.4 is 0 Å². The Morgan fingerprint density at radius 1 is 0.967 bits per heavy atom. The molecule has 0 aromatic carbocycles. The van der Waals surface area contributed by atoms with Gasteiger partial charge in [0.15, 0.2) is 0 Å². The van der Waals surface area contributed by atoms with E-state index in [2.05, 4.69) is 79.7 Å². The molecule has 4 atom stereocenters. The number of unbranched alkanes of at least 4 members (excludes halogenated alkanes) is 2. The van der Waals surface area contributed by atoms with E-state index in [4.69, 9.17) is 0 Å². The Bertz CT molecular complexity index is 678. The van der Waals surface area contributed by atoms with Crippen molar-refractivity contribution in [1.82, 2.24) is 0 Å². The van der Waals surface area contributed by atoms with Gasteiger partial charge < -0.3 is 0 Å². The van der Waals surface area contributed by atoms with Crippen molar-refractivity contribution in [3.63, 3.8) is 0 Å². The first-order valence-corrected chi connectivity index (χ1v) is 17.9. The fourth-order valence-electron chi connectivity index (χ4n) is 6.86. The van der Waals surface area contributed by atoms with Crippen LogP contribution in [0.3, 0.4) is 0 Å². The summed E-state index contributed by atoms with van der Waals surface area (Å²) in [5.74, 6) is 1.79. The molecule has 0 nitrogen and oxygen atoms in total. The molecule has 0 saturated heterocycles. The van der Waals surface area contributed by atoms with Crippen LogP contribution in [0, 0.1) is 28.1 Å². The standard InChI is InChI=1S/C21H31.2C4H9.Zr/c1-19(2,3)15-10-11-16(14-15)21(6)13-12-20(4,5)17-8-7-9-18(17)21;2*1-3-4-2;/h8,10,12-14,17-18H,7,9,11H2,1-6H3;2*1,3-4H2,2H3;. The normalized spacial score (nSPS) is 32.7. The fraction of sp³-hybridized carbons (Fsp3) is 0.793. The summed E-state index contributed by atoms with van der Waals surface area (Å²) in [7, 11) is 0. The first kappa shape index (κ1) is 24.7. The van der Waals surface area contributed by atoms with Gasteiger partial charge in [0.05, 0.1) is 0 Å². The molecule has 0 spiro atoms. The predicted octanol–water partition coefficient (Wildman–Crippen LogP) is 9.76. The molecule has 1 fully saturated rings. The number of hydrogen-bond donors (Lipinski definition) is 0. The second-order valence-corrected chi connectivity index (χ2v) is 19.9. The summed E-state index contributed by atoms with van der Waals surface area (Å²) in [5, 5.41) is 0. The van der Waals surface area contributed by atoms with E-state index in [-0.39, 0.29) is 10.8 Å². The van der Waals surface area contributed by atoms with Crippen LogP contribution in [0.5, 0.6) is 0 Å². The summed E-state index contributed by atoms with van der Waals surface area (Å²) in [4.78, 5) is 0. The van der Waals surface area contributed by atoms with Gasteiger partial charge in [-0.15, -0.1) is 0 Å². The van der Waals surface area contributed by atoms with Crippen molar-refractivity contribution in [1.29, 1.82) is 0 Å². The summed E-state index contributed by atoms with van der Waals surface area (Å²) in [6.07, 6.45) is 20.4. The monoisotopic (exact) mass is 487 g/mol. The first-order chi connectivity index (χ1) is 14.0. The number of allylic oxidation sites excluding steroid dienone is 6. The topological polar surface area (TPSA) is 0 Å². The molecule has 3 aliphatic carbocycles. The molecule has 0 aromatic rings. The van der Waals surface area contributed by atoms with Crippen LogP contribution in [0.15, 0.2) is 35.5 Å². The van der Waals surface area contributed by atoms with E-state index < -0.39 is 21.8 Å². The van der Waals surface area contributed by atoms with Gasteiger partial charge in [-0.05, 0) is 0 Å². The molecule has 0 amide bonds. The van der Waals surface area contributed by atoms with Gasteiger partial charge in [-0.1, -0.05) is 0 Å². The predicted molar refractivity (Wildman–Crippen MR) is 131 cm³/mol. The summed E-state index contributed by atoms with van der Waals surface area (Å²) in [6, 6.07) is 0. The van der Waals surface area contributed by atoms with Gasteiger partial charge in [-0.2, -0.15) is 0 Å². The maximum absolute atomic E-state index is 2.66. The summed E-state index contributed by atoms with van der Waals surface area (Å²) < 4.78 is 4.43. The van der Waals surface area contributed by atoms with Crippen LogP contribution >= 0.6 is 0 Å². The molecule has 0 heterocycles. The van der Waals surface area contributed by atoms with Crippen molar-refractivity contribution in [2.45, 2.75) is 112 Å². The summed E-state index contributed by atoms with van der Waals surface area (Å²) >= 11 is -1.38. The Balaban J connectivity index is 1.90. The SMILES string of the molecule is CCC[CH2][Zr]([CH2]CCC)[CH]1CCC2C1C(C)(C)C=CC2(C)C1=CC(C(C)(C)C)=CC1. The second kappa shape index (κ2) is 9.53. The van der Waals surface area contributed by atoms with Gasteiger partial charge in [-0.25, -0.2) is 0 Å². The van der Waals surface area contributed by atoms with Crippen LogP contribution in [0.4, 0.5) is 0 Å². The Morgan fingerprint density at radius 2 is 1.60 bits per heavy atom. The van der Waals surface area contributed by atoms with Crippen LogP contribution in [0.25, 0.3) is 0 Å². The van der Waals surface area contributed by atoms with Gasteiger partial charge in [0.1, 0.15) is 0 Å². The van der Waals surface area contributed by atoms with Crippen LogP contribution in [0.2, 0.25) is 11.9 Å². The van der Waals surface area contributed by atoms with Gasteiger partial charge in [0, 0.05) is 0 Å². The zero-order chi connectivity index (χ0) is 22.2. The van der Waals surface area contributed by atoms with Gasteiger partial charge in [0.25, 0.3) is 0 Å². The van der Waals surface area contributed by atoms with E-state index in [1.807, 2.05) is 0 Å². The Morgan fingerprint density at radius 3 is 2.13 bits per heavy atom. The van der Waals surface area contributed by atoms with Crippen molar-refractivity contribution < 1.29 is 21.8 Å². The van der Waals surface area contributed by atoms with Crippen LogP contribution in [-0.2, 0) is 21.8 Å². The van der Waals surface area contributed by atoms with E-state index in [1.54, 1.807) is 25.8 Å².